The standard InChI is InChI=1S/C12H14N2O2S.2C2H6/c1-2-16-12(15)7-4-3-5-9-10(7)8(6-13)11(14)17-9;2*1-2/h7H,2-5,14H2,1H3;2*1-2H3. The molecule has 0 saturated carbocycles. The van der Waals surface area contributed by atoms with Gasteiger partial charge in [-0.3, -0.25) is 4.79 Å². The van der Waals surface area contributed by atoms with Crippen LogP contribution in [0.5, 0.6) is 0 Å². The second-order valence-electron chi connectivity index (χ2n) is 3.99. The van der Waals surface area contributed by atoms with Crippen molar-refractivity contribution in [1.29, 1.82) is 5.26 Å². The first kappa shape index (κ1) is 19.5. The molecule has 1 atom stereocenters. The van der Waals surface area contributed by atoms with E-state index < -0.39 is 0 Å². The Morgan fingerprint density at radius 3 is 2.57 bits per heavy atom. The van der Waals surface area contributed by atoms with Gasteiger partial charge in [-0.05, 0) is 26.2 Å². The van der Waals surface area contributed by atoms with Crippen LogP contribution in [0.3, 0.4) is 0 Å². The monoisotopic (exact) mass is 310 g/mol. The van der Waals surface area contributed by atoms with Gasteiger partial charge in [0.25, 0.3) is 0 Å². The van der Waals surface area contributed by atoms with Crippen molar-refractivity contribution in [3.8, 4) is 6.07 Å². The molecule has 2 N–H and O–H groups in total. The highest BCUT2D eigenvalue weighted by Gasteiger charge is 2.33. The number of rotatable bonds is 2. The van der Waals surface area contributed by atoms with E-state index in [1.165, 1.54) is 11.3 Å². The highest BCUT2D eigenvalue weighted by molar-refractivity contribution is 7.16. The molecule has 5 heteroatoms. The quantitative estimate of drug-likeness (QED) is 0.829. The number of nitriles is 1. The number of carbonyl (C=O) groups excluding carboxylic acids is 1. The van der Waals surface area contributed by atoms with Crippen molar-refractivity contribution in [3.05, 3.63) is 16.0 Å². The molecule has 0 fully saturated rings. The van der Waals surface area contributed by atoms with E-state index in [9.17, 15) is 4.79 Å². The summed E-state index contributed by atoms with van der Waals surface area (Å²) in [6.07, 6.45) is 2.60. The molecule has 1 aliphatic carbocycles. The molecule has 0 bridgehead atoms. The zero-order valence-corrected chi connectivity index (χ0v) is 14.5. The lowest BCUT2D eigenvalue weighted by molar-refractivity contribution is -0.145. The van der Waals surface area contributed by atoms with Crippen molar-refractivity contribution >= 4 is 22.3 Å². The summed E-state index contributed by atoms with van der Waals surface area (Å²) in [7, 11) is 0. The zero-order valence-electron chi connectivity index (χ0n) is 13.7. The number of nitrogens with zero attached hydrogens (tertiary/aromatic N) is 1. The topological polar surface area (TPSA) is 76.1 Å². The second-order valence-corrected chi connectivity index (χ2v) is 5.12. The highest BCUT2D eigenvalue weighted by atomic mass is 32.1. The van der Waals surface area contributed by atoms with Gasteiger partial charge in [0.05, 0.1) is 18.1 Å². The van der Waals surface area contributed by atoms with Gasteiger partial charge >= 0.3 is 5.97 Å². The molecule has 0 spiro atoms. The van der Waals surface area contributed by atoms with Crippen LogP contribution in [0.25, 0.3) is 0 Å². The van der Waals surface area contributed by atoms with Crippen LogP contribution in [0.4, 0.5) is 5.00 Å². The average molecular weight is 310 g/mol. The molecular weight excluding hydrogens is 284 g/mol. The lowest BCUT2D eigenvalue weighted by atomic mass is 9.85. The Bertz CT molecular complexity index is 489. The Morgan fingerprint density at radius 2 is 2.05 bits per heavy atom. The summed E-state index contributed by atoms with van der Waals surface area (Å²) < 4.78 is 5.06. The fraction of sp³-hybridized carbons (Fsp3) is 0.625. The third kappa shape index (κ3) is 4.47. The first-order chi connectivity index (χ1) is 10.2. The van der Waals surface area contributed by atoms with E-state index in [1.54, 1.807) is 6.92 Å². The van der Waals surface area contributed by atoms with Crippen molar-refractivity contribution in [2.75, 3.05) is 12.3 Å². The number of carbonyl (C=O) groups is 1. The van der Waals surface area contributed by atoms with Gasteiger partial charge in [-0.15, -0.1) is 11.3 Å². The minimum atomic E-state index is -0.304. The maximum atomic E-state index is 11.9. The summed E-state index contributed by atoms with van der Waals surface area (Å²) in [4.78, 5) is 12.9. The fourth-order valence-corrected chi connectivity index (χ4v) is 3.39. The van der Waals surface area contributed by atoms with Crippen LogP contribution in [0.1, 0.15) is 69.4 Å². The molecule has 0 saturated heterocycles. The van der Waals surface area contributed by atoms with Gasteiger partial charge in [0, 0.05) is 10.4 Å². The van der Waals surface area contributed by atoms with Gasteiger partial charge < -0.3 is 10.5 Å². The molecule has 2 rings (SSSR count). The lowest BCUT2D eigenvalue weighted by Crippen LogP contribution is -2.20. The van der Waals surface area contributed by atoms with Crippen molar-refractivity contribution in [3.63, 3.8) is 0 Å². The van der Waals surface area contributed by atoms with Gasteiger partial charge in [-0.2, -0.15) is 5.26 Å². The average Bonchev–Trinajstić information content (AvgIpc) is 2.86. The van der Waals surface area contributed by atoms with Crippen LogP contribution < -0.4 is 5.73 Å². The number of hydrogen-bond donors (Lipinski definition) is 1. The first-order valence-corrected chi connectivity index (χ1v) is 8.48. The van der Waals surface area contributed by atoms with E-state index in [0.29, 0.717) is 17.2 Å². The number of thiophene rings is 1. The van der Waals surface area contributed by atoms with Gasteiger partial charge in [0.15, 0.2) is 0 Å². The number of anilines is 1. The van der Waals surface area contributed by atoms with Crippen molar-refractivity contribution < 1.29 is 9.53 Å². The van der Waals surface area contributed by atoms with E-state index in [4.69, 9.17) is 15.7 Å². The van der Waals surface area contributed by atoms with Crippen LogP contribution in [0.2, 0.25) is 0 Å². The summed E-state index contributed by atoms with van der Waals surface area (Å²) in [6, 6.07) is 2.11. The van der Waals surface area contributed by atoms with Crippen LogP contribution in [0.15, 0.2) is 0 Å². The van der Waals surface area contributed by atoms with E-state index in [-0.39, 0.29) is 11.9 Å². The normalized spacial score (nSPS) is 15.3. The summed E-state index contributed by atoms with van der Waals surface area (Å²) in [5, 5.41) is 9.64. The van der Waals surface area contributed by atoms with Gasteiger partial charge in [0.2, 0.25) is 0 Å². The largest absolute Gasteiger partial charge is 0.466 e. The third-order valence-corrected chi connectivity index (χ3v) is 4.07. The van der Waals surface area contributed by atoms with Gasteiger partial charge in [-0.1, -0.05) is 27.7 Å². The number of esters is 1. The summed E-state index contributed by atoms with van der Waals surface area (Å²) in [6.45, 7) is 10.2. The number of nitrogen functional groups attached to an aromatic ring is 1. The zero-order chi connectivity index (χ0) is 16.4. The molecule has 1 aromatic rings. The molecular formula is C16H26N2O2S. The van der Waals surface area contributed by atoms with Crippen molar-refractivity contribution in [1.82, 2.24) is 0 Å². The van der Waals surface area contributed by atoms with Crippen LogP contribution in [0, 0.1) is 11.3 Å². The molecule has 118 valence electrons. The van der Waals surface area contributed by atoms with E-state index in [0.717, 1.165) is 29.7 Å². The Labute approximate surface area is 131 Å². The molecule has 21 heavy (non-hydrogen) atoms. The summed E-state index contributed by atoms with van der Waals surface area (Å²) in [5.41, 5.74) is 7.11. The van der Waals surface area contributed by atoms with Crippen LogP contribution in [-0.2, 0) is 16.0 Å². The molecule has 0 amide bonds. The smallest absolute Gasteiger partial charge is 0.313 e. The maximum Gasteiger partial charge on any atom is 0.313 e. The number of ether oxygens (including phenoxy) is 1. The Kier molecular flexibility index (Phi) is 9.48. The number of aryl methyl sites for hydroxylation is 1. The van der Waals surface area contributed by atoms with Gasteiger partial charge in [-0.25, -0.2) is 0 Å². The van der Waals surface area contributed by atoms with Crippen LogP contribution in [-0.4, -0.2) is 12.6 Å². The molecule has 0 aromatic carbocycles. The third-order valence-electron chi connectivity index (χ3n) is 2.98. The molecule has 4 nitrogen and oxygen atoms in total. The summed E-state index contributed by atoms with van der Waals surface area (Å²) >= 11 is 1.43. The molecule has 1 unspecified atom stereocenters. The minimum absolute atomic E-state index is 0.234. The first-order valence-electron chi connectivity index (χ1n) is 7.66. The number of nitrogens with two attached hydrogens (primary N) is 1. The predicted molar refractivity (Wildman–Crippen MR) is 88.5 cm³/mol. The molecule has 0 radical (unpaired) electrons. The molecule has 1 aromatic heterocycles. The Hall–Kier alpha value is -1.54. The lowest BCUT2D eigenvalue weighted by Gasteiger charge is -2.21. The Balaban J connectivity index is 0.000000921. The van der Waals surface area contributed by atoms with Gasteiger partial charge in [0.1, 0.15) is 11.1 Å². The SMILES string of the molecule is CC.CC.CCOC(=O)C1CCCc2sc(N)c(C#N)c21. The fourth-order valence-electron chi connectivity index (χ4n) is 2.27. The van der Waals surface area contributed by atoms with Crippen molar-refractivity contribution in [2.24, 2.45) is 0 Å². The summed E-state index contributed by atoms with van der Waals surface area (Å²) in [5.74, 6) is -0.537. The van der Waals surface area contributed by atoms with E-state index in [2.05, 4.69) is 6.07 Å². The predicted octanol–water partition coefficient (Wildman–Crippen LogP) is 4.24. The maximum absolute atomic E-state index is 11.9. The second kappa shape index (κ2) is 10.2. The molecule has 0 aliphatic heterocycles. The van der Waals surface area contributed by atoms with Crippen molar-refractivity contribution in [2.45, 2.75) is 59.8 Å². The highest BCUT2D eigenvalue weighted by Crippen LogP contribution is 2.42. The molecule has 1 aliphatic rings. The molecule has 1 heterocycles. The number of fused-ring (bicyclic) bond motifs is 1. The van der Waals surface area contributed by atoms with E-state index in [1.807, 2.05) is 27.7 Å². The number of hydrogen-bond acceptors (Lipinski definition) is 5. The Morgan fingerprint density at radius 1 is 1.43 bits per heavy atom. The van der Waals surface area contributed by atoms with E-state index >= 15 is 0 Å². The van der Waals surface area contributed by atoms with Crippen LogP contribution >= 0.6 is 11.3 Å². The minimum Gasteiger partial charge on any atom is -0.466 e.